The van der Waals surface area contributed by atoms with Gasteiger partial charge in [-0.25, -0.2) is 9.18 Å². The molecule has 104 valence electrons. The van der Waals surface area contributed by atoms with E-state index in [0.29, 0.717) is 0 Å². The van der Waals surface area contributed by atoms with Gasteiger partial charge >= 0.3 is 5.97 Å². The second-order valence-electron chi connectivity index (χ2n) is 3.33. The molecule has 0 unspecified atom stereocenters. The maximum absolute atomic E-state index is 13.9. The van der Waals surface area contributed by atoms with Crippen molar-refractivity contribution >= 4 is 27.7 Å². The van der Waals surface area contributed by atoms with Crippen LogP contribution >= 0.6 is 15.9 Å². The number of esters is 1. The van der Waals surface area contributed by atoms with Crippen molar-refractivity contribution < 1.29 is 28.2 Å². The van der Waals surface area contributed by atoms with Gasteiger partial charge in [0.15, 0.2) is 11.5 Å². The van der Waals surface area contributed by atoms with Crippen LogP contribution in [0, 0.1) is 5.82 Å². The lowest BCUT2D eigenvalue weighted by Gasteiger charge is -2.14. The molecule has 1 aromatic carbocycles. The van der Waals surface area contributed by atoms with E-state index in [-0.39, 0.29) is 22.6 Å². The summed E-state index contributed by atoms with van der Waals surface area (Å²) in [7, 11) is 2.57. The molecular formula is C12H12BrFO5. The summed E-state index contributed by atoms with van der Waals surface area (Å²) in [4.78, 5) is 23.3. The Bertz CT molecular complexity index is 515. The number of hydrogen-bond acceptors (Lipinski definition) is 5. The van der Waals surface area contributed by atoms with Crippen LogP contribution in [0.25, 0.3) is 0 Å². The zero-order valence-electron chi connectivity index (χ0n) is 10.6. The van der Waals surface area contributed by atoms with Gasteiger partial charge in [-0.2, -0.15) is 0 Å². The summed E-state index contributed by atoms with van der Waals surface area (Å²) in [5.74, 6) is -3.21. The molecule has 0 aliphatic carbocycles. The summed E-state index contributed by atoms with van der Waals surface area (Å²) in [6.07, 6.45) is 0. The van der Waals surface area contributed by atoms with Gasteiger partial charge in [0.2, 0.25) is 0 Å². The van der Waals surface area contributed by atoms with Crippen molar-refractivity contribution in [2.24, 2.45) is 0 Å². The average molecular weight is 335 g/mol. The number of rotatable bonds is 5. The van der Waals surface area contributed by atoms with Gasteiger partial charge in [-0.1, -0.05) is 0 Å². The predicted octanol–water partition coefficient (Wildman–Crippen LogP) is 2.35. The number of hydrogen-bond donors (Lipinski definition) is 0. The first-order valence-electron chi connectivity index (χ1n) is 5.29. The third-order valence-electron chi connectivity index (χ3n) is 2.24. The average Bonchev–Trinajstić information content (AvgIpc) is 2.37. The minimum Gasteiger partial charge on any atom is -0.492 e. The van der Waals surface area contributed by atoms with Gasteiger partial charge in [0.1, 0.15) is 11.4 Å². The maximum Gasteiger partial charge on any atom is 0.379 e. The summed E-state index contributed by atoms with van der Waals surface area (Å²) in [6.45, 7) is 1.56. The molecule has 0 atom stereocenters. The smallest absolute Gasteiger partial charge is 0.379 e. The highest BCUT2D eigenvalue weighted by atomic mass is 79.9. The SMILES string of the molecule is CCOC(=O)C(=O)c1c(F)cc(Br)c(OC)c1OC. The number of carbonyl (C=O) groups is 2. The molecule has 0 aromatic heterocycles. The minimum absolute atomic E-state index is 0.0160. The molecule has 0 spiro atoms. The number of ether oxygens (including phenoxy) is 3. The Labute approximate surface area is 117 Å². The third-order valence-corrected chi connectivity index (χ3v) is 2.83. The number of halogens is 2. The van der Waals surface area contributed by atoms with Gasteiger partial charge in [0.25, 0.3) is 5.78 Å². The Morgan fingerprint density at radius 3 is 2.32 bits per heavy atom. The molecule has 19 heavy (non-hydrogen) atoms. The van der Waals surface area contributed by atoms with Gasteiger partial charge in [-0.15, -0.1) is 0 Å². The Morgan fingerprint density at radius 1 is 1.26 bits per heavy atom. The molecule has 5 nitrogen and oxygen atoms in total. The molecule has 0 heterocycles. The fourth-order valence-electron chi connectivity index (χ4n) is 1.47. The predicted molar refractivity (Wildman–Crippen MR) is 68.2 cm³/mol. The van der Waals surface area contributed by atoms with Crippen molar-refractivity contribution in [3.8, 4) is 11.5 Å². The van der Waals surface area contributed by atoms with Gasteiger partial charge in [0, 0.05) is 0 Å². The normalized spacial score (nSPS) is 9.95. The van der Waals surface area contributed by atoms with Crippen LogP contribution in [0.2, 0.25) is 0 Å². The lowest BCUT2D eigenvalue weighted by Crippen LogP contribution is -2.20. The van der Waals surface area contributed by atoms with Gasteiger partial charge in [-0.05, 0) is 28.9 Å². The van der Waals surface area contributed by atoms with E-state index < -0.39 is 23.1 Å². The van der Waals surface area contributed by atoms with Crippen molar-refractivity contribution in [1.29, 1.82) is 0 Å². The Balaban J connectivity index is 3.41. The van der Waals surface area contributed by atoms with E-state index in [0.717, 1.165) is 6.07 Å². The zero-order valence-corrected chi connectivity index (χ0v) is 12.2. The molecule has 1 aromatic rings. The third kappa shape index (κ3) is 3.04. The summed E-state index contributed by atoms with van der Waals surface area (Å²) < 4.78 is 28.7. The van der Waals surface area contributed by atoms with Crippen LogP contribution in [0.1, 0.15) is 17.3 Å². The quantitative estimate of drug-likeness (QED) is 0.470. The minimum atomic E-state index is -1.15. The lowest BCUT2D eigenvalue weighted by molar-refractivity contribution is -0.137. The van der Waals surface area contributed by atoms with Crippen LogP contribution in [-0.4, -0.2) is 32.6 Å². The summed E-state index contributed by atoms with van der Waals surface area (Å²) >= 11 is 3.08. The topological polar surface area (TPSA) is 61.8 Å². The molecule has 0 aliphatic heterocycles. The Hall–Kier alpha value is -1.63. The van der Waals surface area contributed by atoms with Gasteiger partial charge in [0.05, 0.1) is 25.3 Å². The van der Waals surface area contributed by atoms with Crippen molar-refractivity contribution in [1.82, 2.24) is 0 Å². The first kappa shape index (κ1) is 15.4. The molecule has 0 radical (unpaired) electrons. The highest BCUT2D eigenvalue weighted by Gasteiger charge is 2.29. The standard InChI is InChI=1S/C12H12BrFO5/c1-4-19-12(16)9(15)8-7(14)5-6(13)10(17-2)11(8)18-3/h5H,4H2,1-3H3. The second-order valence-corrected chi connectivity index (χ2v) is 4.19. The van der Waals surface area contributed by atoms with Crippen molar-refractivity contribution in [3.05, 3.63) is 21.9 Å². The molecule has 0 aliphatic rings. The Kier molecular flexibility index (Phi) is 5.29. The number of Topliss-reactive ketones (excluding diaryl/α,β-unsaturated/α-hetero) is 1. The van der Waals surface area contributed by atoms with E-state index in [1.165, 1.54) is 14.2 Å². The summed E-state index contributed by atoms with van der Waals surface area (Å²) in [5, 5.41) is 0. The molecule has 0 amide bonds. The number of carbonyl (C=O) groups excluding carboxylic acids is 2. The first-order valence-corrected chi connectivity index (χ1v) is 6.08. The maximum atomic E-state index is 13.9. The molecule has 1 rings (SSSR count). The molecule has 0 bridgehead atoms. The van der Waals surface area contributed by atoms with E-state index in [9.17, 15) is 14.0 Å². The van der Waals surface area contributed by atoms with E-state index >= 15 is 0 Å². The van der Waals surface area contributed by atoms with E-state index in [4.69, 9.17) is 9.47 Å². The van der Waals surface area contributed by atoms with Crippen LogP contribution in [0.3, 0.4) is 0 Å². The number of benzene rings is 1. The summed E-state index contributed by atoms with van der Waals surface area (Å²) in [5.41, 5.74) is -0.513. The van der Waals surface area contributed by atoms with E-state index in [2.05, 4.69) is 20.7 Å². The molecule has 0 N–H and O–H groups in total. The highest BCUT2D eigenvalue weighted by Crippen LogP contribution is 2.39. The number of methoxy groups -OCH3 is 2. The van der Waals surface area contributed by atoms with E-state index in [1.807, 2.05) is 0 Å². The zero-order chi connectivity index (χ0) is 14.6. The molecule has 0 fully saturated rings. The summed E-state index contributed by atoms with van der Waals surface area (Å²) in [6, 6.07) is 1.02. The second kappa shape index (κ2) is 6.51. The van der Waals surface area contributed by atoms with Crippen LogP contribution in [0.4, 0.5) is 4.39 Å². The molecular weight excluding hydrogens is 323 g/mol. The van der Waals surface area contributed by atoms with Crippen LogP contribution in [0.15, 0.2) is 10.5 Å². The van der Waals surface area contributed by atoms with Crippen LogP contribution < -0.4 is 9.47 Å². The molecule has 0 saturated heterocycles. The number of ketones is 1. The van der Waals surface area contributed by atoms with Gasteiger partial charge < -0.3 is 14.2 Å². The van der Waals surface area contributed by atoms with Crippen molar-refractivity contribution in [2.45, 2.75) is 6.92 Å². The Morgan fingerprint density at radius 2 is 1.84 bits per heavy atom. The largest absolute Gasteiger partial charge is 0.492 e. The molecule has 0 saturated carbocycles. The van der Waals surface area contributed by atoms with Crippen LogP contribution in [-0.2, 0) is 9.53 Å². The van der Waals surface area contributed by atoms with Crippen molar-refractivity contribution in [2.75, 3.05) is 20.8 Å². The fraction of sp³-hybridized carbons (Fsp3) is 0.333. The fourth-order valence-corrected chi connectivity index (χ4v) is 2.02. The highest BCUT2D eigenvalue weighted by molar-refractivity contribution is 9.10. The molecule has 7 heteroatoms. The van der Waals surface area contributed by atoms with E-state index in [1.54, 1.807) is 6.92 Å². The first-order chi connectivity index (χ1) is 8.97. The monoisotopic (exact) mass is 334 g/mol. The van der Waals surface area contributed by atoms with Crippen molar-refractivity contribution in [3.63, 3.8) is 0 Å². The lowest BCUT2D eigenvalue weighted by atomic mass is 10.1. The van der Waals surface area contributed by atoms with Gasteiger partial charge in [-0.3, -0.25) is 4.79 Å². The van der Waals surface area contributed by atoms with Crippen LogP contribution in [0.5, 0.6) is 11.5 Å².